The van der Waals surface area contributed by atoms with Crippen molar-refractivity contribution in [3.05, 3.63) is 59.6 Å². The highest BCUT2D eigenvalue weighted by molar-refractivity contribution is 8.01. The fraction of sp³-hybridized carbons (Fsp3) is 0.111. The van der Waals surface area contributed by atoms with Crippen LogP contribution in [0, 0.1) is 0 Å². The molecule has 3 N–H and O–H groups in total. The second-order valence-corrected chi connectivity index (χ2v) is 10.1. The summed E-state index contributed by atoms with van der Waals surface area (Å²) in [5.74, 6) is 0.457. The molecular formula is C18H16ClN3O4S3. The summed E-state index contributed by atoms with van der Waals surface area (Å²) in [5.41, 5.74) is 1.30. The van der Waals surface area contributed by atoms with Crippen molar-refractivity contribution in [1.82, 2.24) is 9.71 Å². The minimum Gasteiger partial charge on any atom is -0.396 e. The molecule has 0 atom stereocenters. The zero-order chi connectivity index (χ0) is 20.9. The minimum atomic E-state index is -4.06. The number of hydrogen-bond donors (Lipinski definition) is 3. The lowest BCUT2D eigenvalue weighted by molar-refractivity contribution is 0.256. The average molecular weight is 470 g/mol. The summed E-state index contributed by atoms with van der Waals surface area (Å²) in [5, 5.41) is 12.4. The van der Waals surface area contributed by atoms with Crippen LogP contribution >= 0.6 is 34.7 Å². The fourth-order valence-corrected chi connectivity index (χ4v) is 5.20. The van der Waals surface area contributed by atoms with Crippen molar-refractivity contribution in [1.29, 1.82) is 0 Å². The van der Waals surface area contributed by atoms with Gasteiger partial charge in [0.1, 0.15) is 10.7 Å². The number of anilines is 1. The number of aromatic nitrogens is 1. The largest absolute Gasteiger partial charge is 0.396 e. The molecule has 11 heteroatoms. The summed E-state index contributed by atoms with van der Waals surface area (Å²) >= 11 is 8.32. The predicted octanol–water partition coefficient (Wildman–Crippen LogP) is 4.06. The number of carbonyl (C=O) groups is 1. The second-order valence-electron chi connectivity index (χ2n) is 5.61. The number of thiazole rings is 1. The highest BCUT2D eigenvalue weighted by Gasteiger charge is 2.20. The van der Waals surface area contributed by atoms with E-state index in [2.05, 4.69) is 10.3 Å². The first-order valence-electron chi connectivity index (χ1n) is 8.28. The summed E-state index contributed by atoms with van der Waals surface area (Å²) in [6, 6.07) is 13.8. The number of hydrogen-bond acceptors (Lipinski definition) is 7. The van der Waals surface area contributed by atoms with Crippen molar-refractivity contribution in [2.24, 2.45) is 0 Å². The lowest BCUT2D eigenvalue weighted by Gasteiger charge is -2.08. The van der Waals surface area contributed by atoms with Gasteiger partial charge in [0, 0.05) is 16.3 Å². The molecular weight excluding hydrogens is 454 g/mol. The number of benzene rings is 2. The lowest BCUT2D eigenvalue weighted by Crippen LogP contribution is -2.34. The van der Waals surface area contributed by atoms with Crippen molar-refractivity contribution < 1.29 is 18.3 Å². The SMILES string of the molecule is O=C(Nc1sc(SCCO)nc1-c1ccccc1)NS(=O)(=O)c1ccc(Cl)cc1. The van der Waals surface area contributed by atoms with Crippen molar-refractivity contribution in [3.63, 3.8) is 0 Å². The van der Waals surface area contributed by atoms with Gasteiger partial charge in [-0.3, -0.25) is 5.32 Å². The van der Waals surface area contributed by atoms with E-state index in [1.54, 1.807) is 0 Å². The molecule has 0 aliphatic heterocycles. The van der Waals surface area contributed by atoms with E-state index < -0.39 is 16.1 Å². The van der Waals surface area contributed by atoms with Crippen LogP contribution in [-0.4, -0.2) is 36.9 Å². The molecule has 2 aromatic carbocycles. The number of thioether (sulfide) groups is 1. The molecule has 1 heterocycles. The zero-order valence-electron chi connectivity index (χ0n) is 14.8. The Morgan fingerprint density at radius 3 is 2.48 bits per heavy atom. The van der Waals surface area contributed by atoms with E-state index in [0.29, 0.717) is 25.8 Å². The standard InChI is InChI=1S/C18H16ClN3O4S3/c19-13-6-8-14(9-7-13)29(25,26)22-17(24)21-16-15(12-4-2-1-3-5-12)20-18(28-16)27-11-10-23/h1-9,23H,10-11H2,(H2,21,22,24). The van der Waals surface area contributed by atoms with Crippen LogP contribution in [0.2, 0.25) is 5.02 Å². The second kappa shape index (κ2) is 9.59. The van der Waals surface area contributed by atoms with Crippen molar-refractivity contribution in [2.75, 3.05) is 17.7 Å². The maximum Gasteiger partial charge on any atom is 0.333 e. The Morgan fingerprint density at radius 2 is 1.83 bits per heavy atom. The molecule has 0 saturated heterocycles. The van der Waals surface area contributed by atoms with Crippen LogP contribution in [0.4, 0.5) is 9.80 Å². The summed E-state index contributed by atoms with van der Waals surface area (Å²) < 4.78 is 27.4. The van der Waals surface area contributed by atoms with Crippen molar-refractivity contribution in [3.8, 4) is 11.3 Å². The third kappa shape index (κ3) is 5.71. The Bertz CT molecular complexity index is 1090. The van der Waals surface area contributed by atoms with Crippen LogP contribution in [0.25, 0.3) is 11.3 Å². The molecule has 0 unspecified atom stereocenters. The normalized spacial score (nSPS) is 11.2. The number of sulfonamides is 1. The summed E-state index contributed by atoms with van der Waals surface area (Å²) in [6.07, 6.45) is 0. The lowest BCUT2D eigenvalue weighted by atomic mass is 10.2. The third-order valence-corrected chi connectivity index (χ3v) is 7.24. The smallest absolute Gasteiger partial charge is 0.333 e. The zero-order valence-corrected chi connectivity index (χ0v) is 18.0. The molecule has 2 amide bonds. The molecule has 0 saturated carbocycles. The van der Waals surface area contributed by atoms with E-state index in [9.17, 15) is 13.2 Å². The first-order valence-corrected chi connectivity index (χ1v) is 11.9. The number of halogens is 1. The molecule has 0 bridgehead atoms. The molecule has 1 aromatic heterocycles. The average Bonchev–Trinajstić information content (AvgIpc) is 3.09. The number of amides is 2. The van der Waals surface area contributed by atoms with E-state index in [1.165, 1.54) is 47.4 Å². The maximum absolute atomic E-state index is 12.4. The summed E-state index contributed by atoms with van der Waals surface area (Å²) in [7, 11) is -4.06. The van der Waals surface area contributed by atoms with Crippen molar-refractivity contribution >= 4 is 55.8 Å². The molecule has 152 valence electrons. The Hall–Kier alpha value is -2.11. The maximum atomic E-state index is 12.4. The summed E-state index contributed by atoms with van der Waals surface area (Å²) in [4.78, 5) is 16.8. The van der Waals surface area contributed by atoms with E-state index in [0.717, 1.165) is 5.56 Å². The number of aliphatic hydroxyl groups is 1. The Labute approximate surface area is 181 Å². The van der Waals surface area contributed by atoms with Gasteiger partial charge in [0.05, 0.1) is 11.5 Å². The fourth-order valence-electron chi connectivity index (χ4n) is 2.29. The van der Waals surface area contributed by atoms with Gasteiger partial charge in [-0.25, -0.2) is 22.9 Å². The molecule has 3 aromatic rings. The van der Waals surface area contributed by atoms with Gasteiger partial charge in [0.25, 0.3) is 10.0 Å². The summed E-state index contributed by atoms with van der Waals surface area (Å²) in [6.45, 7) is -0.00645. The number of nitrogens with one attached hydrogen (secondary N) is 2. The van der Waals surface area contributed by atoms with Crippen LogP contribution in [-0.2, 0) is 10.0 Å². The van der Waals surface area contributed by atoms with Gasteiger partial charge in [-0.2, -0.15) is 0 Å². The highest BCUT2D eigenvalue weighted by Crippen LogP contribution is 2.37. The molecule has 3 rings (SSSR count). The van der Waals surface area contributed by atoms with Gasteiger partial charge in [0.15, 0.2) is 4.34 Å². The van der Waals surface area contributed by atoms with Gasteiger partial charge in [-0.05, 0) is 24.3 Å². The minimum absolute atomic E-state index is 0.00645. The predicted molar refractivity (Wildman–Crippen MR) is 116 cm³/mol. The number of carbonyl (C=O) groups excluding carboxylic acids is 1. The van der Waals surface area contributed by atoms with Crippen LogP contribution in [0.3, 0.4) is 0 Å². The van der Waals surface area contributed by atoms with Crippen molar-refractivity contribution in [2.45, 2.75) is 9.24 Å². The first kappa shape index (κ1) is 21.6. The Morgan fingerprint density at radius 1 is 1.14 bits per heavy atom. The molecule has 29 heavy (non-hydrogen) atoms. The number of urea groups is 1. The molecule has 7 nitrogen and oxygen atoms in total. The molecule has 0 aliphatic rings. The van der Waals surface area contributed by atoms with Gasteiger partial charge in [-0.15, -0.1) is 0 Å². The molecule has 0 spiro atoms. The van der Waals surface area contributed by atoms with Gasteiger partial charge < -0.3 is 5.11 Å². The van der Waals surface area contributed by atoms with Crippen LogP contribution in [0.5, 0.6) is 0 Å². The molecule has 0 aliphatic carbocycles. The molecule has 0 radical (unpaired) electrons. The highest BCUT2D eigenvalue weighted by atomic mass is 35.5. The van der Waals surface area contributed by atoms with Crippen LogP contribution in [0.1, 0.15) is 0 Å². The van der Waals surface area contributed by atoms with E-state index >= 15 is 0 Å². The third-order valence-electron chi connectivity index (χ3n) is 3.55. The number of nitrogens with zero attached hydrogens (tertiary/aromatic N) is 1. The van der Waals surface area contributed by atoms with E-state index in [1.807, 2.05) is 35.1 Å². The molecule has 0 fully saturated rings. The van der Waals surface area contributed by atoms with Crippen LogP contribution < -0.4 is 10.0 Å². The first-order chi connectivity index (χ1) is 13.9. The van der Waals surface area contributed by atoms with Gasteiger partial charge in [0.2, 0.25) is 0 Å². The van der Waals surface area contributed by atoms with Crippen LogP contribution in [0.15, 0.2) is 63.8 Å². The van der Waals surface area contributed by atoms with E-state index in [4.69, 9.17) is 16.7 Å². The number of rotatable bonds is 7. The van der Waals surface area contributed by atoms with Gasteiger partial charge >= 0.3 is 6.03 Å². The Balaban J connectivity index is 1.82. The Kier molecular flexibility index (Phi) is 7.14. The monoisotopic (exact) mass is 469 g/mol. The quantitative estimate of drug-likeness (QED) is 0.450. The topological polar surface area (TPSA) is 108 Å². The van der Waals surface area contributed by atoms with Gasteiger partial charge in [-0.1, -0.05) is 65.0 Å². The van der Waals surface area contributed by atoms with E-state index in [-0.39, 0.29) is 11.5 Å². The number of aliphatic hydroxyl groups excluding tert-OH is 1.